The Hall–Kier alpha value is -4.72. The van der Waals surface area contributed by atoms with Crippen molar-refractivity contribution in [3.63, 3.8) is 0 Å². The fourth-order valence-electron chi connectivity index (χ4n) is 7.49. The number of hydrogen-bond donors (Lipinski definition) is 4. The summed E-state index contributed by atoms with van der Waals surface area (Å²) in [5.74, 6) is 0.285. The Morgan fingerprint density at radius 3 is 2.20 bits per heavy atom. The molecular formula is C44H50N2O5. The van der Waals surface area contributed by atoms with Crippen LogP contribution in [0.3, 0.4) is 0 Å². The maximum Gasteiger partial charge on any atom is 0.244 e. The molecule has 4 unspecified atom stereocenters. The first kappa shape index (κ1) is 36.1. The van der Waals surface area contributed by atoms with Crippen molar-refractivity contribution in [1.82, 2.24) is 10.6 Å². The summed E-state index contributed by atoms with van der Waals surface area (Å²) in [5, 5.41) is 28.9. The van der Waals surface area contributed by atoms with Crippen LogP contribution in [0.2, 0.25) is 0 Å². The van der Waals surface area contributed by atoms with E-state index in [2.05, 4.69) is 22.8 Å². The van der Waals surface area contributed by atoms with Crippen molar-refractivity contribution in [2.75, 3.05) is 0 Å². The number of hydrogen-bond acceptors (Lipinski definition) is 5. The fraction of sp³-hybridized carbons (Fsp3) is 0.364. The molecule has 4 atom stereocenters. The highest BCUT2D eigenvalue weighted by Gasteiger charge is 2.32. The van der Waals surface area contributed by atoms with Crippen LogP contribution >= 0.6 is 0 Å². The Labute approximate surface area is 301 Å². The van der Waals surface area contributed by atoms with Crippen LogP contribution in [0.15, 0.2) is 121 Å². The van der Waals surface area contributed by atoms with Gasteiger partial charge in [-0.15, -0.1) is 0 Å². The van der Waals surface area contributed by atoms with E-state index in [1.165, 1.54) is 0 Å². The lowest BCUT2D eigenvalue weighted by atomic mass is 9.85. The summed E-state index contributed by atoms with van der Waals surface area (Å²) in [6.07, 6.45) is 7.17. The second-order valence-corrected chi connectivity index (χ2v) is 14.2. The molecule has 0 saturated heterocycles. The summed E-state index contributed by atoms with van der Waals surface area (Å²) in [6, 6.07) is 35.4. The number of rotatable bonds is 16. The van der Waals surface area contributed by atoms with Gasteiger partial charge in [0.25, 0.3) is 0 Å². The highest BCUT2D eigenvalue weighted by atomic mass is 16.5. The third kappa shape index (κ3) is 10.6. The Kier molecular flexibility index (Phi) is 12.7. The van der Waals surface area contributed by atoms with Gasteiger partial charge in [-0.25, -0.2) is 0 Å². The average Bonchev–Trinajstić information content (AvgIpc) is 3.77. The molecule has 0 spiro atoms. The van der Waals surface area contributed by atoms with E-state index in [1.807, 2.05) is 97.1 Å². The zero-order valence-electron chi connectivity index (χ0n) is 29.3. The molecule has 0 radical (unpaired) electrons. The monoisotopic (exact) mass is 686 g/mol. The number of aliphatic hydroxyl groups is 2. The summed E-state index contributed by atoms with van der Waals surface area (Å²) in [5.41, 5.74) is 5.90. The summed E-state index contributed by atoms with van der Waals surface area (Å²) in [4.78, 5) is 26.5. The van der Waals surface area contributed by atoms with Gasteiger partial charge in [-0.05, 0) is 84.4 Å². The van der Waals surface area contributed by atoms with Crippen molar-refractivity contribution in [2.45, 2.75) is 95.1 Å². The predicted molar refractivity (Wildman–Crippen MR) is 200 cm³/mol. The second-order valence-electron chi connectivity index (χ2n) is 14.2. The van der Waals surface area contributed by atoms with Crippen LogP contribution in [-0.4, -0.2) is 40.3 Å². The normalized spacial score (nSPS) is 18.5. The zero-order chi connectivity index (χ0) is 35.4. The Bertz CT molecular complexity index is 1730. The smallest absolute Gasteiger partial charge is 0.244 e. The van der Waals surface area contributed by atoms with Gasteiger partial charge in [0.05, 0.1) is 18.2 Å². The van der Waals surface area contributed by atoms with Gasteiger partial charge in [0.2, 0.25) is 11.8 Å². The van der Waals surface area contributed by atoms with E-state index in [1.54, 1.807) is 6.08 Å². The average molecular weight is 687 g/mol. The Morgan fingerprint density at radius 1 is 0.804 bits per heavy atom. The molecule has 4 N–H and O–H groups in total. The van der Waals surface area contributed by atoms with Crippen LogP contribution in [-0.2, 0) is 35.5 Å². The topological polar surface area (TPSA) is 108 Å². The predicted octanol–water partition coefficient (Wildman–Crippen LogP) is 6.96. The lowest BCUT2D eigenvalue weighted by Crippen LogP contribution is -2.34. The van der Waals surface area contributed by atoms with E-state index in [9.17, 15) is 19.8 Å². The molecule has 7 nitrogen and oxygen atoms in total. The SMILES string of the molecule is O=C(/C=C(\Cc1ccc(OCc2ccccc2)cc1)CC(O)C(CCC(=O)NC1CCCC1)Cc1ccccc1)NC1c2ccccc2CC1O. The van der Waals surface area contributed by atoms with Crippen molar-refractivity contribution in [3.8, 4) is 5.75 Å². The van der Waals surface area contributed by atoms with Crippen LogP contribution in [0.4, 0.5) is 0 Å². The first-order chi connectivity index (χ1) is 24.9. The van der Waals surface area contributed by atoms with Gasteiger partial charge in [0.15, 0.2) is 0 Å². The largest absolute Gasteiger partial charge is 0.489 e. The molecule has 0 aliphatic heterocycles. The van der Waals surface area contributed by atoms with Crippen molar-refractivity contribution in [1.29, 1.82) is 0 Å². The minimum Gasteiger partial charge on any atom is -0.489 e. The first-order valence-electron chi connectivity index (χ1n) is 18.4. The van der Waals surface area contributed by atoms with E-state index in [4.69, 9.17) is 4.74 Å². The molecule has 4 aromatic rings. The van der Waals surface area contributed by atoms with Gasteiger partial charge < -0.3 is 25.6 Å². The quantitative estimate of drug-likeness (QED) is 0.0954. The second kappa shape index (κ2) is 18.0. The van der Waals surface area contributed by atoms with Crippen LogP contribution in [0.5, 0.6) is 5.75 Å². The molecule has 6 rings (SSSR count). The maximum absolute atomic E-state index is 13.6. The highest BCUT2D eigenvalue weighted by molar-refractivity contribution is 5.88. The van der Waals surface area contributed by atoms with E-state index < -0.39 is 18.2 Å². The van der Waals surface area contributed by atoms with Crippen LogP contribution in [0.25, 0.3) is 0 Å². The third-order valence-corrected chi connectivity index (χ3v) is 10.3. The molecule has 1 saturated carbocycles. The van der Waals surface area contributed by atoms with Crippen molar-refractivity contribution < 1.29 is 24.5 Å². The van der Waals surface area contributed by atoms with Crippen LogP contribution < -0.4 is 15.4 Å². The first-order valence-corrected chi connectivity index (χ1v) is 18.4. The zero-order valence-corrected chi connectivity index (χ0v) is 29.3. The van der Waals surface area contributed by atoms with Crippen LogP contribution in [0.1, 0.15) is 78.8 Å². The highest BCUT2D eigenvalue weighted by Crippen LogP contribution is 2.32. The molecule has 51 heavy (non-hydrogen) atoms. The number of amides is 2. The van der Waals surface area contributed by atoms with Crippen LogP contribution in [0, 0.1) is 5.92 Å². The Morgan fingerprint density at radius 2 is 1.47 bits per heavy atom. The summed E-state index contributed by atoms with van der Waals surface area (Å²) in [7, 11) is 0. The fourth-order valence-corrected chi connectivity index (χ4v) is 7.49. The molecule has 0 heterocycles. The van der Waals surface area contributed by atoms with E-state index in [0.29, 0.717) is 38.7 Å². The molecule has 2 aliphatic carbocycles. The van der Waals surface area contributed by atoms with Crippen molar-refractivity contribution >= 4 is 11.8 Å². The van der Waals surface area contributed by atoms with Gasteiger partial charge in [0.1, 0.15) is 12.4 Å². The lowest BCUT2D eigenvalue weighted by Gasteiger charge is -2.25. The Balaban J connectivity index is 1.18. The number of nitrogens with one attached hydrogen (secondary N) is 2. The molecule has 0 bridgehead atoms. The molecule has 7 heteroatoms. The molecular weight excluding hydrogens is 636 g/mol. The molecule has 266 valence electrons. The van der Waals surface area contributed by atoms with E-state index >= 15 is 0 Å². The summed E-state index contributed by atoms with van der Waals surface area (Å²) < 4.78 is 6.00. The van der Waals surface area contributed by atoms with Gasteiger partial charge in [-0.3, -0.25) is 9.59 Å². The number of aliphatic hydroxyl groups excluding tert-OH is 2. The van der Waals surface area contributed by atoms with E-state index in [0.717, 1.165) is 64.8 Å². The number of fused-ring (bicyclic) bond motifs is 1. The lowest BCUT2D eigenvalue weighted by molar-refractivity contribution is -0.122. The van der Waals surface area contributed by atoms with Gasteiger partial charge in [-0.2, -0.15) is 0 Å². The molecule has 0 aromatic heterocycles. The minimum atomic E-state index is -0.783. The molecule has 2 amide bonds. The van der Waals surface area contributed by atoms with Gasteiger partial charge >= 0.3 is 0 Å². The standard InChI is InChI=1S/C44H50N2O5/c47-40(36(26-31-11-3-1-4-12-31)21-24-42(49)45-37-16-8-9-17-37)27-34(28-43(50)46-44-39-18-10-7-15-35(39)29-41(44)48)25-32-19-22-38(23-20-32)51-30-33-13-5-2-6-14-33/h1-7,10-15,18-20,22-23,28,36-37,40-41,44,47-48H,8-9,16-17,21,24-27,29-30H2,(H,45,49)(H,46,50)/b34-28+. The minimum absolute atomic E-state index is 0.0345. The van der Waals surface area contributed by atoms with Crippen molar-refractivity contribution in [3.05, 3.63) is 149 Å². The summed E-state index contributed by atoms with van der Waals surface area (Å²) in [6.45, 7) is 0.468. The summed E-state index contributed by atoms with van der Waals surface area (Å²) >= 11 is 0. The number of ether oxygens (including phenoxy) is 1. The number of carbonyl (C=O) groups is 2. The number of benzene rings is 4. The number of carbonyl (C=O) groups excluding carboxylic acids is 2. The molecule has 4 aromatic carbocycles. The third-order valence-electron chi connectivity index (χ3n) is 10.3. The molecule has 1 fully saturated rings. The van der Waals surface area contributed by atoms with E-state index in [-0.39, 0.29) is 30.2 Å². The van der Waals surface area contributed by atoms with Crippen molar-refractivity contribution in [2.24, 2.45) is 5.92 Å². The molecule has 2 aliphatic rings. The maximum atomic E-state index is 13.6. The van der Waals surface area contributed by atoms with Gasteiger partial charge in [0, 0.05) is 25.0 Å². The van der Waals surface area contributed by atoms with Gasteiger partial charge in [-0.1, -0.05) is 115 Å².